The van der Waals surface area contributed by atoms with E-state index in [9.17, 15) is 9.59 Å². The van der Waals surface area contributed by atoms with Crippen molar-refractivity contribution in [2.24, 2.45) is 0 Å². The maximum absolute atomic E-state index is 12.3. The number of carbonyl (C=O) groups is 1. The summed E-state index contributed by atoms with van der Waals surface area (Å²) >= 11 is 0. The van der Waals surface area contributed by atoms with Crippen molar-refractivity contribution in [3.05, 3.63) is 28.4 Å². The predicted molar refractivity (Wildman–Crippen MR) is 65.2 cm³/mol. The van der Waals surface area contributed by atoms with Crippen molar-refractivity contribution in [2.75, 3.05) is 13.2 Å². The molecule has 1 heterocycles. The number of hydrogen-bond donors (Lipinski definition) is 2. The van der Waals surface area contributed by atoms with Crippen LogP contribution in [0, 0.1) is 0 Å². The second-order valence-corrected chi connectivity index (χ2v) is 4.46. The van der Waals surface area contributed by atoms with Gasteiger partial charge in [0.1, 0.15) is 5.69 Å². The Balaban J connectivity index is 2.16. The third-order valence-electron chi connectivity index (χ3n) is 3.26. The molecular formula is C12H17N3O3. The van der Waals surface area contributed by atoms with Crippen LogP contribution in [0.3, 0.4) is 0 Å². The van der Waals surface area contributed by atoms with Gasteiger partial charge in [0.15, 0.2) is 0 Å². The molecule has 2 rings (SSSR count). The number of H-pyrrole nitrogens is 1. The Bertz CT molecular complexity index is 445. The first kappa shape index (κ1) is 12.8. The number of hydrogen-bond acceptors (Lipinski definition) is 4. The second kappa shape index (κ2) is 5.77. The monoisotopic (exact) mass is 251 g/mol. The Hall–Kier alpha value is -1.69. The molecule has 1 aromatic rings. The molecule has 1 fully saturated rings. The second-order valence-electron chi connectivity index (χ2n) is 4.46. The average molecular weight is 251 g/mol. The van der Waals surface area contributed by atoms with Crippen LogP contribution in [0.5, 0.6) is 0 Å². The number of rotatable bonds is 4. The highest BCUT2D eigenvalue weighted by molar-refractivity contribution is 5.92. The van der Waals surface area contributed by atoms with Gasteiger partial charge in [0.05, 0.1) is 12.8 Å². The summed E-state index contributed by atoms with van der Waals surface area (Å²) in [6, 6.07) is 0.179. The van der Waals surface area contributed by atoms with Gasteiger partial charge in [-0.05, 0) is 12.8 Å². The molecule has 0 atom stereocenters. The fourth-order valence-electron chi connectivity index (χ4n) is 2.38. The lowest BCUT2D eigenvalue weighted by Gasteiger charge is -2.27. The number of nitrogens with one attached hydrogen (secondary N) is 1. The first-order chi connectivity index (χ1) is 8.72. The van der Waals surface area contributed by atoms with Crippen molar-refractivity contribution in [3.63, 3.8) is 0 Å². The molecule has 1 aromatic heterocycles. The zero-order chi connectivity index (χ0) is 13.0. The van der Waals surface area contributed by atoms with E-state index < -0.39 is 0 Å². The Morgan fingerprint density at radius 3 is 2.78 bits per heavy atom. The standard InChI is InChI=1S/C12H17N3O3/c16-6-5-15(9-3-1-2-4-9)12(18)10-7-14-11(17)8-13-10/h7-9,16H,1-6H2,(H,14,17). The van der Waals surface area contributed by atoms with E-state index >= 15 is 0 Å². The number of amides is 1. The van der Waals surface area contributed by atoms with Gasteiger partial charge in [0, 0.05) is 18.8 Å². The third-order valence-corrected chi connectivity index (χ3v) is 3.26. The molecule has 98 valence electrons. The van der Waals surface area contributed by atoms with Gasteiger partial charge in [-0.2, -0.15) is 0 Å². The van der Waals surface area contributed by atoms with Crippen LogP contribution in [0.15, 0.2) is 17.2 Å². The van der Waals surface area contributed by atoms with E-state index in [1.54, 1.807) is 4.90 Å². The van der Waals surface area contributed by atoms with Gasteiger partial charge in [-0.3, -0.25) is 9.59 Å². The smallest absolute Gasteiger partial charge is 0.274 e. The highest BCUT2D eigenvalue weighted by Gasteiger charge is 2.27. The fourth-order valence-corrected chi connectivity index (χ4v) is 2.38. The SMILES string of the molecule is O=C(c1c[nH]c(=O)cn1)N(CCO)C1CCCC1. The Morgan fingerprint density at radius 2 is 2.22 bits per heavy atom. The summed E-state index contributed by atoms with van der Waals surface area (Å²) in [6.45, 7) is 0.246. The summed E-state index contributed by atoms with van der Waals surface area (Å²) < 4.78 is 0. The highest BCUT2D eigenvalue weighted by Crippen LogP contribution is 2.24. The molecule has 0 aromatic carbocycles. The molecule has 1 saturated carbocycles. The van der Waals surface area contributed by atoms with Crippen molar-refractivity contribution in [1.29, 1.82) is 0 Å². The number of carbonyl (C=O) groups excluding carboxylic acids is 1. The van der Waals surface area contributed by atoms with Crippen LogP contribution in [0.25, 0.3) is 0 Å². The molecule has 2 N–H and O–H groups in total. The van der Waals surface area contributed by atoms with E-state index in [1.807, 2.05) is 0 Å². The summed E-state index contributed by atoms with van der Waals surface area (Å²) in [5, 5.41) is 9.06. The van der Waals surface area contributed by atoms with Gasteiger partial charge in [-0.15, -0.1) is 0 Å². The van der Waals surface area contributed by atoms with Crippen molar-refractivity contribution in [2.45, 2.75) is 31.7 Å². The maximum Gasteiger partial charge on any atom is 0.274 e. The lowest BCUT2D eigenvalue weighted by molar-refractivity contribution is 0.0631. The number of aliphatic hydroxyl groups is 1. The van der Waals surface area contributed by atoms with Gasteiger partial charge in [0.2, 0.25) is 0 Å². The predicted octanol–water partition coefficient (Wildman–Crippen LogP) is 0.147. The minimum atomic E-state index is -0.332. The van der Waals surface area contributed by atoms with Gasteiger partial charge >= 0.3 is 0 Å². The molecule has 1 aliphatic rings. The molecule has 6 heteroatoms. The van der Waals surface area contributed by atoms with E-state index in [-0.39, 0.29) is 29.8 Å². The van der Waals surface area contributed by atoms with Crippen molar-refractivity contribution in [1.82, 2.24) is 14.9 Å². The van der Waals surface area contributed by atoms with Gasteiger partial charge in [-0.1, -0.05) is 12.8 Å². The van der Waals surface area contributed by atoms with Crippen LogP contribution < -0.4 is 5.56 Å². The minimum absolute atomic E-state index is 0.0639. The van der Waals surface area contributed by atoms with Crippen LogP contribution in [-0.4, -0.2) is 45.1 Å². The van der Waals surface area contributed by atoms with E-state index in [2.05, 4.69) is 9.97 Å². The summed E-state index contributed by atoms with van der Waals surface area (Å²) in [5.41, 5.74) is -0.115. The van der Waals surface area contributed by atoms with Crippen LogP contribution in [0.4, 0.5) is 0 Å². The number of aliphatic hydroxyl groups excluding tert-OH is 1. The van der Waals surface area contributed by atoms with Crippen molar-refractivity contribution < 1.29 is 9.90 Å². The molecule has 6 nitrogen and oxygen atoms in total. The molecule has 1 aliphatic carbocycles. The number of aromatic nitrogens is 2. The Labute approximate surface area is 105 Å². The molecular weight excluding hydrogens is 234 g/mol. The van der Waals surface area contributed by atoms with Crippen LogP contribution >= 0.6 is 0 Å². The van der Waals surface area contributed by atoms with E-state index in [0.717, 1.165) is 31.9 Å². The zero-order valence-electron chi connectivity index (χ0n) is 10.1. The molecule has 0 saturated heterocycles. The van der Waals surface area contributed by atoms with E-state index in [4.69, 9.17) is 5.11 Å². The third kappa shape index (κ3) is 2.76. The molecule has 18 heavy (non-hydrogen) atoms. The molecule has 0 radical (unpaired) electrons. The van der Waals surface area contributed by atoms with Crippen LogP contribution in [0.2, 0.25) is 0 Å². The zero-order valence-corrected chi connectivity index (χ0v) is 10.1. The summed E-state index contributed by atoms with van der Waals surface area (Å²) in [7, 11) is 0. The van der Waals surface area contributed by atoms with Crippen molar-refractivity contribution in [3.8, 4) is 0 Å². The quantitative estimate of drug-likeness (QED) is 0.797. The Morgan fingerprint density at radius 1 is 1.50 bits per heavy atom. The van der Waals surface area contributed by atoms with Gasteiger partial charge in [0.25, 0.3) is 11.5 Å². The van der Waals surface area contributed by atoms with Crippen molar-refractivity contribution >= 4 is 5.91 Å². The molecule has 1 amide bonds. The highest BCUT2D eigenvalue weighted by atomic mass is 16.3. The normalized spacial score (nSPS) is 15.8. The molecule has 0 aliphatic heterocycles. The van der Waals surface area contributed by atoms with Crippen LogP contribution in [-0.2, 0) is 0 Å². The van der Waals surface area contributed by atoms with Crippen LogP contribution in [0.1, 0.15) is 36.2 Å². The topological polar surface area (TPSA) is 86.3 Å². The first-order valence-electron chi connectivity index (χ1n) is 6.19. The fraction of sp³-hybridized carbons (Fsp3) is 0.583. The number of nitrogens with zero attached hydrogens (tertiary/aromatic N) is 2. The average Bonchev–Trinajstić information content (AvgIpc) is 2.90. The lowest BCUT2D eigenvalue weighted by Crippen LogP contribution is -2.41. The minimum Gasteiger partial charge on any atom is -0.395 e. The molecule has 0 spiro atoms. The largest absolute Gasteiger partial charge is 0.395 e. The van der Waals surface area contributed by atoms with E-state index in [0.29, 0.717) is 6.54 Å². The summed E-state index contributed by atoms with van der Waals surface area (Å²) in [5.74, 6) is -0.229. The maximum atomic E-state index is 12.3. The van der Waals surface area contributed by atoms with Gasteiger partial charge < -0.3 is 15.0 Å². The van der Waals surface area contributed by atoms with Gasteiger partial charge in [-0.25, -0.2) is 4.98 Å². The lowest BCUT2D eigenvalue weighted by atomic mass is 10.2. The summed E-state index contributed by atoms with van der Waals surface area (Å²) in [4.78, 5) is 31.1. The van der Waals surface area contributed by atoms with E-state index in [1.165, 1.54) is 6.20 Å². The molecule has 0 unspecified atom stereocenters. The molecule has 0 bridgehead atoms. The summed E-state index contributed by atoms with van der Waals surface area (Å²) in [6.07, 6.45) is 6.57. The Kier molecular flexibility index (Phi) is 4.09. The first-order valence-corrected chi connectivity index (χ1v) is 6.19. The number of aromatic amines is 1.